The topological polar surface area (TPSA) is 101 Å². The Hall–Kier alpha value is -2.88. The van der Waals surface area contributed by atoms with Crippen molar-refractivity contribution in [2.24, 2.45) is 0 Å². The third-order valence-electron chi connectivity index (χ3n) is 5.03. The van der Waals surface area contributed by atoms with Crippen LogP contribution in [0.15, 0.2) is 53.0 Å². The Labute approximate surface area is 197 Å². The number of halogens is 2. The highest BCUT2D eigenvalue weighted by Gasteiger charge is 2.23. The molecule has 0 radical (unpaired) electrons. The van der Waals surface area contributed by atoms with E-state index < -0.39 is 17.7 Å². The van der Waals surface area contributed by atoms with Gasteiger partial charge in [0, 0.05) is 33.7 Å². The Morgan fingerprint density at radius 2 is 1.88 bits per heavy atom. The van der Waals surface area contributed by atoms with E-state index in [0.717, 1.165) is 17.3 Å². The van der Waals surface area contributed by atoms with E-state index >= 15 is 0 Å². The molecule has 3 N–H and O–H groups in total. The molecule has 0 spiro atoms. The predicted octanol–water partition coefficient (Wildman–Crippen LogP) is 3.67. The van der Waals surface area contributed by atoms with E-state index in [1.54, 1.807) is 42.5 Å². The van der Waals surface area contributed by atoms with Crippen molar-refractivity contribution in [3.8, 4) is 0 Å². The number of fused-ring (bicyclic) bond motifs is 1. The summed E-state index contributed by atoms with van der Waals surface area (Å²) in [5.74, 6) is -2.15. The van der Waals surface area contributed by atoms with Gasteiger partial charge >= 0.3 is 11.8 Å². The molecule has 3 amide bonds. The molecule has 32 heavy (non-hydrogen) atoms. The van der Waals surface area contributed by atoms with E-state index in [1.165, 1.54) is 4.68 Å². The number of rotatable bonds is 5. The van der Waals surface area contributed by atoms with E-state index in [2.05, 4.69) is 32.0 Å². The maximum absolute atomic E-state index is 13.0. The maximum atomic E-state index is 13.0. The van der Waals surface area contributed by atoms with Crippen LogP contribution in [0.2, 0.25) is 5.02 Å². The molecular formula is C22H20BrClN4O4. The molecule has 2 aromatic carbocycles. The Morgan fingerprint density at radius 3 is 2.59 bits per heavy atom. The van der Waals surface area contributed by atoms with Gasteiger partial charge in [0.05, 0.1) is 11.6 Å². The molecule has 1 aromatic heterocycles. The lowest BCUT2D eigenvalue weighted by atomic mass is 10.2. The van der Waals surface area contributed by atoms with Crippen molar-refractivity contribution in [1.29, 1.82) is 0 Å². The average Bonchev–Trinajstić information content (AvgIpc) is 3.41. The molecular weight excluding hydrogens is 500 g/mol. The first-order chi connectivity index (χ1) is 15.4. The van der Waals surface area contributed by atoms with E-state index in [4.69, 9.17) is 16.3 Å². The number of hydrogen-bond acceptors (Lipinski definition) is 4. The summed E-state index contributed by atoms with van der Waals surface area (Å²) in [6, 6.07) is 13.6. The van der Waals surface area contributed by atoms with Crippen LogP contribution in [0, 0.1) is 0 Å². The molecule has 8 nitrogen and oxygen atoms in total. The number of hydrogen-bond donors (Lipinski definition) is 3. The number of amides is 3. The van der Waals surface area contributed by atoms with Crippen LogP contribution in [-0.2, 0) is 14.3 Å². The monoisotopic (exact) mass is 518 g/mol. The lowest BCUT2D eigenvalue weighted by molar-refractivity contribution is -0.136. The SMILES string of the molecule is O=C(NC[C@H]1CCCO1)C(=O)Nn1c(C(=O)Nc2ccc(Cl)cc2)cc2cc(Br)ccc21. The van der Waals surface area contributed by atoms with E-state index in [-0.39, 0.29) is 18.3 Å². The van der Waals surface area contributed by atoms with Crippen LogP contribution in [0.4, 0.5) is 5.69 Å². The molecule has 3 aromatic rings. The van der Waals surface area contributed by atoms with Crippen LogP contribution >= 0.6 is 27.5 Å². The minimum absolute atomic E-state index is 0.0859. The van der Waals surface area contributed by atoms with Gasteiger partial charge in [-0.2, -0.15) is 0 Å². The first-order valence-corrected chi connectivity index (χ1v) is 11.2. The van der Waals surface area contributed by atoms with Gasteiger partial charge in [0.15, 0.2) is 0 Å². The van der Waals surface area contributed by atoms with Gasteiger partial charge in [0.1, 0.15) is 5.69 Å². The molecule has 1 saturated heterocycles. The molecule has 0 unspecified atom stereocenters. The fourth-order valence-corrected chi connectivity index (χ4v) is 3.95. The minimum Gasteiger partial charge on any atom is -0.376 e. The van der Waals surface area contributed by atoms with Crippen molar-refractivity contribution in [3.05, 3.63) is 63.7 Å². The van der Waals surface area contributed by atoms with Gasteiger partial charge in [-0.3, -0.25) is 19.8 Å². The molecule has 166 valence electrons. The lowest BCUT2D eigenvalue weighted by Gasteiger charge is -2.14. The Balaban J connectivity index is 1.56. The third-order valence-corrected chi connectivity index (χ3v) is 5.78. The number of carbonyl (C=O) groups is 3. The summed E-state index contributed by atoms with van der Waals surface area (Å²) in [4.78, 5) is 37.8. The molecule has 1 aliphatic heterocycles. The van der Waals surface area contributed by atoms with Crippen LogP contribution in [0.1, 0.15) is 23.3 Å². The van der Waals surface area contributed by atoms with Crippen molar-refractivity contribution in [1.82, 2.24) is 9.99 Å². The fourth-order valence-electron chi connectivity index (χ4n) is 3.45. The number of aromatic nitrogens is 1. The summed E-state index contributed by atoms with van der Waals surface area (Å²) >= 11 is 9.30. The standard InChI is InChI=1S/C22H20BrClN4O4/c23-14-3-8-18-13(10-14)11-19(20(29)26-16-6-4-15(24)5-7-16)28(18)27-22(31)21(30)25-12-17-2-1-9-32-17/h3-8,10-11,17H,1-2,9,12H2,(H,25,30)(H,26,29)(H,27,31)/t17-/m1/s1. The summed E-state index contributed by atoms with van der Waals surface area (Å²) in [7, 11) is 0. The molecule has 1 aliphatic rings. The second kappa shape index (κ2) is 9.72. The van der Waals surface area contributed by atoms with Gasteiger partial charge in [-0.25, -0.2) is 4.68 Å². The first-order valence-electron chi connectivity index (χ1n) is 9.99. The highest BCUT2D eigenvalue weighted by atomic mass is 79.9. The summed E-state index contributed by atoms with van der Waals surface area (Å²) in [6.45, 7) is 0.916. The van der Waals surface area contributed by atoms with Gasteiger partial charge in [-0.05, 0) is 61.4 Å². The number of anilines is 1. The Kier molecular flexibility index (Phi) is 6.78. The molecule has 10 heteroatoms. The Morgan fingerprint density at radius 1 is 1.09 bits per heavy atom. The summed E-state index contributed by atoms with van der Waals surface area (Å²) in [6.07, 6.45) is 1.69. The van der Waals surface area contributed by atoms with Crippen molar-refractivity contribution in [3.63, 3.8) is 0 Å². The molecule has 0 aliphatic carbocycles. The van der Waals surface area contributed by atoms with Crippen molar-refractivity contribution < 1.29 is 19.1 Å². The number of carbonyl (C=O) groups excluding carboxylic acids is 3. The van der Waals surface area contributed by atoms with Crippen molar-refractivity contribution in [2.45, 2.75) is 18.9 Å². The first kappa shape index (κ1) is 22.3. The quantitative estimate of drug-likeness (QED) is 0.448. The highest BCUT2D eigenvalue weighted by Crippen LogP contribution is 2.24. The van der Waals surface area contributed by atoms with Crippen LogP contribution in [0.3, 0.4) is 0 Å². The second-order valence-corrected chi connectivity index (χ2v) is 8.67. The average molecular weight is 520 g/mol. The lowest BCUT2D eigenvalue weighted by Crippen LogP contribution is -2.42. The summed E-state index contributed by atoms with van der Waals surface area (Å²) < 4.78 is 7.57. The maximum Gasteiger partial charge on any atom is 0.328 e. The van der Waals surface area contributed by atoms with Crippen LogP contribution < -0.4 is 16.1 Å². The van der Waals surface area contributed by atoms with Gasteiger partial charge in [0.2, 0.25) is 0 Å². The zero-order valence-electron chi connectivity index (χ0n) is 16.9. The molecule has 4 rings (SSSR count). The van der Waals surface area contributed by atoms with Crippen molar-refractivity contribution in [2.75, 3.05) is 23.9 Å². The second-order valence-electron chi connectivity index (χ2n) is 7.32. The summed E-state index contributed by atoms with van der Waals surface area (Å²) in [5, 5.41) is 6.60. The normalized spacial score (nSPS) is 15.5. The number of nitrogens with zero attached hydrogens (tertiary/aromatic N) is 1. The largest absolute Gasteiger partial charge is 0.376 e. The number of nitrogens with one attached hydrogen (secondary N) is 3. The molecule has 2 heterocycles. The molecule has 1 atom stereocenters. The van der Waals surface area contributed by atoms with Gasteiger partial charge < -0.3 is 15.4 Å². The van der Waals surface area contributed by atoms with Crippen molar-refractivity contribution >= 4 is 61.8 Å². The molecule has 0 saturated carbocycles. The highest BCUT2D eigenvalue weighted by molar-refractivity contribution is 9.10. The van der Waals surface area contributed by atoms with E-state index in [9.17, 15) is 14.4 Å². The fraction of sp³-hybridized carbons (Fsp3) is 0.227. The van der Waals surface area contributed by atoms with Crippen LogP contribution in [0.25, 0.3) is 10.9 Å². The van der Waals surface area contributed by atoms with Gasteiger partial charge in [-0.1, -0.05) is 27.5 Å². The van der Waals surface area contributed by atoms with Crippen LogP contribution in [0.5, 0.6) is 0 Å². The Bertz CT molecular complexity index is 1170. The predicted molar refractivity (Wildman–Crippen MR) is 125 cm³/mol. The van der Waals surface area contributed by atoms with E-state index in [1.807, 2.05) is 6.07 Å². The number of ether oxygens (including phenoxy) is 1. The van der Waals surface area contributed by atoms with Crippen LogP contribution in [-0.4, -0.2) is 41.7 Å². The third kappa shape index (κ3) is 5.12. The molecule has 1 fully saturated rings. The zero-order chi connectivity index (χ0) is 22.7. The van der Waals surface area contributed by atoms with Gasteiger partial charge in [-0.15, -0.1) is 0 Å². The number of benzene rings is 2. The van der Waals surface area contributed by atoms with E-state index in [0.29, 0.717) is 28.2 Å². The molecule has 0 bridgehead atoms. The minimum atomic E-state index is -0.885. The zero-order valence-corrected chi connectivity index (χ0v) is 19.2. The van der Waals surface area contributed by atoms with Gasteiger partial charge in [0.25, 0.3) is 5.91 Å². The summed E-state index contributed by atoms with van der Waals surface area (Å²) in [5.41, 5.74) is 3.80. The smallest absolute Gasteiger partial charge is 0.328 e.